The molecule has 2 aromatic heterocycles. The molecular weight excluding hydrogens is 376 g/mol. The Morgan fingerprint density at radius 1 is 1.11 bits per heavy atom. The number of carbonyl (C=O) groups excluding carboxylic acids is 1. The number of unbranched alkanes of at least 4 members (excludes halogenated alkanes) is 1. The molecule has 154 valence electrons. The number of imidazole rings is 1. The van der Waals surface area contributed by atoms with Gasteiger partial charge in [-0.25, -0.2) is 9.50 Å². The first-order valence-electron chi connectivity index (χ1n) is 10.4. The summed E-state index contributed by atoms with van der Waals surface area (Å²) in [4.78, 5) is 16.4. The van der Waals surface area contributed by atoms with E-state index in [4.69, 9.17) is 11.6 Å². The van der Waals surface area contributed by atoms with Crippen molar-refractivity contribution in [2.75, 3.05) is 26.2 Å². The number of nitrogens with one attached hydrogen (secondary N) is 3. The summed E-state index contributed by atoms with van der Waals surface area (Å²) in [7, 11) is 0. The van der Waals surface area contributed by atoms with Crippen molar-refractivity contribution in [3.8, 4) is 0 Å². The van der Waals surface area contributed by atoms with E-state index in [9.17, 15) is 4.79 Å². The lowest BCUT2D eigenvalue weighted by molar-refractivity contribution is -0.120. The molecule has 2 aromatic rings. The summed E-state index contributed by atoms with van der Waals surface area (Å²) >= 11 is 5.86. The van der Waals surface area contributed by atoms with Crippen molar-refractivity contribution in [1.29, 1.82) is 0 Å². The van der Waals surface area contributed by atoms with Crippen molar-refractivity contribution in [3.05, 3.63) is 29.2 Å². The fraction of sp³-hybridized carbons (Fsp3) is 0.650. The van der Waals surface area contributed by atoms with Gasteiger partial charge in [-0.05, 0) is 44.4 Å². The highest BCUT2D eigenvalue weighted by Crippen LogP contribution is 2.16. The highest BCUT2D eigenvalue weighted by atomic mass is 35.5. The lowest BCUT2D eigenvalue weighted by atomic mass is 9.95. The van der Waals surface area contributed by atoms with Gasteiger partial charge in [-0.15, -0.1) is 0 Å². The Bertz CT molecular complexity index is 743. The minimum Gasteiger partial charge on any atom is -0.356 e. The summed E-state index contributed by atoms with van der Waals surface area (Å²) in [5.74, 6) is -0.0147. The molecule has 0 bridgehead atoms. The van der Waals surface area contributed by atoms with E-state index < -0.39 is 0 Å². The van der Waals surface area contributed by atoms with Crippen LogP contribution < -0.4 is 16.0 Å². The number of carbonyl (C=O) groups is 1. The third kappa shape index (κ3) is 7.04. The van der Waals surface area contributed by atoms with Crippen LogP contribution in [0.5, 0.6) is 0 Å². The van der Waals surface area contributed by atoms with Crippen LogP contribution in [0.4, 0.5) is 0 Å². The topological polar surface area (TPSA) is 83.4 Å². The van der Waals surface area contributed by atoms with Crippen LogP contribution in [0.3, 0.4) is 0 Å². The van der Waals surface area contributed by atoms with E-state index in [-0.39, 0.29) is 12.3 Å². The van der Waals surface area contributed by atoms with Gasteiger partial charge in [0.2, 0.25) is 5.91 Å². The third-order valence-corrected chi connectivity index (χ3v) is 5.32. The average molecular weight is 407 g/mol. The van der Waals surface area contributed by atoms with Crippen LogP contribution in [0, 0.1) is 0 Å². The molecule has 0 aliphatic heterocycles. The van der Waals surface area contributed by atoms with Crippen molar-refractivity contribution in [3.63, 3.8) is 0 Å². The van der Waals surface area contributed by atoms with E-state index in [0.717, 1.165) is 38.5 Å². The molecule has 1 aliphatic carbocycles. The Morgan fingerprint density at radius 2 is 1.93 bits per heavy atom. The number of halogens is 1. The Morgan fingerprint density at radius 3 is 2.79 bits per heavy atom. The van der Waals surface area contributed by atoms with Gasteiger partial charge in [0.25, 0.3) is 0 Å². The highest BCUT2D eigenvalue weighted by molar-refractivity contribution is 6.29. The molecule has 28 heavy (non-hydrogen) atoms. The molecule has 0 saturated heterocycles. The Kier molecular flexibility index (Phi) is 8.51. The normalized spacial score (nSPS) is 15.2. The van der Waals surface area contributed by atoms with Gasteiger partial charge in [0.05, 0.1) is 18.3 Å². The maximum absolute atomic E-state index is 12.0. The minimum atomic E-state index is -0.0147. The second-order valence-electron chi connectivity index (χ2n) is 7.46. The molecule has 0 atom stereocenters. The smallest absolute Gasteiger partial charge is 0.226 e. The Labute approximate surface area is 171 Å². The van der Waals surface area contributed by atoms with Gasteiger partial charge in [-0.1, -0.05) is 30.9 Å². The first-order chi connectivity index (χ1) is 13.7. The summed E-state index contributed by atoms with van der Waals surface area (Å²) in [6, 6.07) is 4.20. The standard InChI is InChI=1S/C20H31ClN6O/c21-18-8-9-19-25-17(15-27(19)26-18)14-20(28)24-11-5-4-10-22-12-13-23-16-6-2-1-3-7-16/h8-9,15-16,22-23H,1-7,10-14H2,(H,24,28). The highest BCUT2D eigenvalue weighted by Gasteiger charge is 2.11. The molecule has 0 unspecified atom stereocenters. The molecule has 2 heterocycles. The van der Waals surface area contributed by atoms with Crippen LogP contribution in [-0.4, -0.2) is 52.7 Å². The Hall–Kier alpha value is -1.70. The molecule has 8 heteroatoms. The van der Waals surface area contributed by atoms with Crippen molar-refractivity contribution in [2.45, 2.75) is 57.4 Å². The predicted octanol–water partition coefficient (Wildman–Crippen LogP) is 2.33. The summed E-state index contributed by atoms with van der Waals surface area (Å²) in [5, 5.41) is 14.6. The fourth-order valence-electron chi connectivity index (χ4n) is 3.62. The minimum absolute atomic E-state index is 0.0147. The van der Waals surface area contributed by atoms with Gasteiger partial charge < -0.3 is 16.0 Å². The summed E-state index contributed by atoms with van der Waals surface area (Å²) < 4.78 is 1.60. The van der Waals surface area contributed by atoms with E-state index in [0.29, 0.717) is 23.0 Å². The van der Waals surface area contributed by atoms with Gasteiger partial charge in [-0.2, -0.15) is 5.10 Å². The Balaban J connectivity index is 1.19. The monoisotopic (exact) mass is 406 g/mol. The van der Waals surface area contributed by atoms with Crippen molar-refractivity contribution < 1.29 is 4.79 Å². The van der Waals surface area contributed by atoms with Crippen molar-refractivity contribution >= 4 is 23.2 Å². The number of nitrogens with zero attached hydrogens (tertiary/aromatic N) is 3. The molecular formula is C20H31ClN6O. The predicted molar refractivity (Wildman–Crippen MR) is 112 cm³/mol. The zero-order chi connectivity index (χ0) is 19.6. The fourth-order valence-corrected chi connectivity index (χ4v) is 3.76. The number of amides is 1. The molecule has 0 spiro atoms. The molecule has 1 saturated carbocycles. The summed E-state index contributed by atoms with van der Waals surface area (Å²) in [6.45, 7) is 3.73. The molecule has 1 fully saturated rings. The van der Waals surface area contributed by atoms with E-state index in [1.165, 1.54) is 32.1 Å². The van der Waals surface area contributed by atoms with Crippen LogP contribution in [0.2, 0.25) is 5.15 Å². The molecule has 0 aromatic carbocycles. The lowest BCUT2D eigenvalue weighted by Gasteiger charge is -2.22. The van der Waals surface area contributed by atoms with Crippen LogP contribution >= 0.6 is 11.6 Å². The second-order valence-corrected chi connectivity index (χ2v) is 7.85. The second kappa shape index (κ2) is 11.3. The van der Waals surface area contributed by atoms with Crippen molar-refractivity contribution in [1.82, 2.24) is 30.5 Å². The zero-order valence-corrected chi connectivity index (χ0v) is 17.2. The summed E-state index contributed by atoms with van der Waals surface area (Å²) in [6.07, 6.45) is 10.8. The van der Waals surface area contributed by atoms with E-state index >= 15 is 0 Å². The van der Waals surface area contributed by atoms with Gasteiger partial charge in [0.1, 0.15) is 5.15 Å². The number of hydrogen-bond donors (Lipinski definition) is 3. The average Bonchev–Trinajstić information content (AvgIpc) is 3.08. The first-order valence-corrected chi connectivity index (χ1v) is 10.8. The van der Waals surface area contributed by atoms with Gasteiger partial charge in [0.15, 0.2) is 5.65 Å². The van der Waals surface area contributed by atoms with Crippen LogP contribution in [0.15, 0.2) is 18.3 Å². The van der Waals surface area contributed by atoms with Crippen LogP contribution in [0.1, 0.15) is 50.6 Å². The third-order valence-electron chi connectivity index (χ3n) is 5.12. The number of aromatic nitrogens is 3. The van der Waals surface area contributed by atoms with Crippen molar-refractivity contribution in [2.24, 2.45) is 0 Å². The first kappa shape index (κ1) is 21.0. The van der Waals surface area contributed by atoms with Gasteiger partial charge in [0, 0.05) is 25.7 Å². The molecule has 1 amide bonds. The maximum Gasteiger partial charge on any atom is 0.226 e. The van der Waals surface area contributed by atoms with E-state index in [2.05, 4.69) is 26.0 Å². The quantitative estimate of drug-likeness (QED) is 0.499. The SMILES string of the molecule is O=C(Cc1cn2nc(Cl)ccc2n1)NCCCCNCCNC1CCCCC1. The molecule has 3 N–H and O–H groups in total. The number of hydrogen-bond acceptors (Lipinski definition) is 5. The maximum atomic E-state index is 12.0. The molecule has 1 aliphatic rings. The van der Waals surface area contributed by atoms with Gasteiger partial charge in [-0.3, -0.25) is 4.79 Å². The summed E-state index contributed by atoms with van der Waals surface area (Å²) in [5.41, 5.74) is 1.38. The molecule has 0 radical (unpaired) electrons. The number of rotatable bonds is 11. The molecule has 3 rings (SSSR count). The van der Waals surface area contributed by atoms with E-state index in [1.54, 1.807) is 22.8 Å². The zero-order valence-electron chi connectivity index (χ0n) is 16.4. The lowest BCUT2D eigenvalue weighted by Crippen LogP contribution is -2.36. The van der Waals surface area contributed by atoms with Gasteiger partial charge >= 0.3 is 0 Å². The molecule has 7 nitrogen and oxygen atoms in total. The number of fused-ring (bicyclic) bond motifs is 1. The largest absolute Gasteiger partial charge is 0.356 e. The van der Waals surface area contributed by atoms with Crippen LogP contribution in [0.25, 0.3) is 5.65 Å². The van der Waals surface area contributed by atoms with Crippen LogP contribution in [-0.2, 0) is 11.2 Å². The van der Waals surface area contributed by atoms with E-state index in [1.807, 2.05) is 0 Å².